The van der Waals surface area contributed by atoms with Crippen molar-refractivity contribution in [3.05, 3.63) is 30.3 Å². The first-order valence-electron chi connectivity index (χ1n) is 7.35. The van der Waals surface area contributed by atoms with Gasteiger partial charge < -0.3 is 15.5 Å². The van der Waals surface area contributed by atoms with Crippen LogP contribution in [0, 0.1) is 0 Å². The van der Waals surface area contributed by atoms with Gasteiger partial charge >= 0.3 is 0 Å². The van der Waals surface area contributed by atoms with E-state index >= 15 is 0 Å². The van der Waals surface area contributed by atoms with Crippen LogP contribution in [0.1, 0.15) is 26.7 Å². The zero-order valence-electron chi connectivity index (χ0n) is 12.9. The molecule has 4 nitrogen and oxygen atoms in total. The molecule has 1 amide bonds. The van der Waals surface area contributed by atoms with Crippen molar-refractivity contribution in [2.45, 2.75) is 32.7 Å². The zero-order chi connectivity index (χ0) is 14.8. The Morgan fingerprint density at radius 2 is 1.90 bits per heavy atom. The molecule has 0 heterocycles. The van der Waals surface area contributed by atoms with E-state index in [0.717, 1.165) is 31.6 Å². The van der Waals surface area contributed by atoms with Crippen LogP contribution in [0.4, 0.5) is 5.69 Å². The van der Waals surface area contributed by atoms with E-state index in [9.17, 15) is 4.79 Å². The molecule has 0 saturated carbocycles. The first kappa shape index (κ1) is 16.7. The van der Waals surface area contributed by atoms with Crippen molar-refractivity contribution in [1.82, 2.24) is 10.2 Å². The van der Waals surface area contributed by atoms with E-state index in [1.807, 2.05) is 30.3 Å². The Kier molecular flexibility index (Phi) is 7.92. The van der Waals surface area contributed by atoms with Gasteiger partial charge in [-0.2, -0.15) is 0 Å². The molecule has 1 rings (SSSR count). The average molecular weight is 277 g/mol. The summed E-state index contributed by atoms with van der Waals surface area (Å²) in [5.74, 6) is 0.00972. The Hall–Kier alpha value is -1.39. The topological polar surface area (TPSA) is 44.4 Å². The summed E-state index contributed by atoms with van der Waals surface area (Å²) < 4.78 is 0. The van der Waals surface area contributed by atoms with E-state index in [2.05, 4.69) is 36.4 Å². The molecule has 0 saturated heterocycles. The molecule has 1 aromatic rings. The highest BCUT2D eigenvalue weighted by Gasteiger charge is 2.03. The highest BCUT2D eigenvalue weighted by Crippen LogP contribution is 2.04. The van der Waals surface area contributed by atoms with Crippen molar-refractivity contribution in [2.75, 3.05) is 32.0 Å². The summed E-state index contributed by atoms with van der Waals surface area (Å²) in [6.07, 6.45) is 2.25. The van der Waals surface area contributed by atoms with Crippen LogP contribution < -0.4 is 10.6 Å². The van der Waals surface area contributed by atoms with Crippen molar-refractivity contribution < 1.29 is 4.79 Å². The number of hydrogen-bond acceptors (Lipinski definition) is 3. The Morgan fingerprint density at radius 3 is 2.55 bits per heavy atom. The maximum absolute atomic E-state index is 11.7. The summed E-state index contributed by atoms with van der Waals surface area (Å²) in [7, 11) is 2.14. The molecule has 0 aromatic heterocycles. The summed E-state index contributed by atoms with van der Waals surface area (Å²) in [6.45, 7) is 6.76. The van der Waals surface area contributed by atoms with Gasteiger partial charge in [0.25, 0.3) is 0 Å². The lowest BCUT2D eigenvalue weighted by molar-refractivity contribution is -0.115. The molecule has 0 bridgehead atoms. The van der Waals surface area contributed by atoms with Gasteiger partial charge in [0.15, 0.2) is 0 Å². The fourth-order valence-electron chi connectivity index (χ4n) is 1.80. The molecule has 0 aliphatic carbocycles. The normalized spacial score (nSPS) is 11.1. The fourth-order valence-corrected chi connectivity index (χ4v) is 1.80. The standard InChI is InChI=1S/C16H27N3O/c1-14(2)19(3)12-8-7-11-17-13-16(20)18-15-9-5-4-6-10-15/h4-6,9-10,14,17H,7-8,11-13H2,1-3H3,(H,18,20). The van der Waals surface area contributed by atoms with Crippen LogP contribution in [0.15, 0.2) is 30.3 Å². The Morgan fingerprint density at radius 1 is 1.20 bits per heavy atom. The number of nitrogens with one attached hydrogen (secondary N) is 2. The van der Waals surface area contributed by atoms with Crippen LogP contribution in [-0.2, 0) is 4.79 Å². The van der Waals surface area contributed by atoms with E-state index < -0.39 is 0 Å². The minimum atomic E-state index is 0.00972. The van der Waals surface area contributed by atoms with Crippen LogP contribution in [0.5, 0.6) is 0 Å². The zero-order valence-corrected chi connectivity index (χ0v) is 12.9. The lowest BCUT2D eigenvalue weighted by Crippen LogP contribution is -2.30. The highest BCUT2D eigenvalue weighted by molar-refractivity contribution is 5.92. The van der Waals surface area contributed by atoms with Gasteiger partial charge in [0.1, 0.15) is 0 Å². The van der Waals surface area contributed by atoms with Gasteiger partial charge in [-0.15, -0.1) is 0 Å². The number of rotatable bonds is 9. The van der Waals surface area contributed by atoms with Crippen LogP contribution in [-0.4, -0.2) is 43.5 Å². The molecule has 1 aromatic carbocycles. The molecule has 0 fully saturated rings. The molecular weight excluding hydrogens is 250 g/mol. The van der Waals surface area contributed by atoms with Crippen molar-refractivity contribution in [3.8, 4) is 0 Å². The second-order valence-corrected chi connectivity index (χ2v) is 5.37. The van der Waals surface area contributed by atoms with Crippen LogP contribution >= 0.6 is 0 Å². The number of benzene rings is 1. The third-order valence-corrected chi connectivity index (χ3v) is 3.34. The lowest BCUT2D eigenvalue weighted by atomic mass is 10.2. The maximum atomic E-state index is 11.7. The molecule has 0 unspecified atom stereocenters. The number of hydrogen-bond donors (Lipinski definition) is 2. The maximum Gasteiger partial charge on any atom is 0.238 e. The Bertz CT molecular complexity index is 379. The SMILES string of the molecule is CC(C)N(C)CCCCNCC(=O)Nc1ccccc1. The first-order valence-corrected chi connectivity index (χ1v) is 7.35. The fraction of sp³-hybridized carbons (Fsp3) is 0.562. The summed E-state index contributed by atoms with van der Waals surface area (Å²) >= 11 is 0. The van der Waals surface area contributed by atoms with Crippen molar-refractivity contribution >= 4 is 11.6 Å². The quantitative estimate of drug-likeness (QED) is 0.681. The highest BCUT2D eigenvalue weighted by atomic mass is 16.1. The van der Waals surface area contributed by atoms with Gasteiger partial charge in [0, 0.05) is 11.7 Å². The minimum absolute atomic E-state index is 0.00972. The van der Waals surface area contributed by atoms with Gasteiger partial charge in [-0.3, -0.25) is 4.79 Å². The van der Waals surface area contributed by atoms with E-state index in [4.69, 9.17) is 0 Å². The molecule has 0 atom stereocenters. The van der Waals surface area contributed by atoms with Crippen molar-refractivity contribution in [1.29, 1.82) is 0 Å². The van der Waals surface area contributed by atoms with Crippen LogP contribution in [0.2, 0.25) is 0 Å². The van der Waals surface area contributed by atoms with Gasteiger partial charge in [-0.05, 0) is 59.0 Å². The minimum Gasteiger partial charge on any atom is -0.325 e. The Labute approximate surface area is 122 Å². The summed E-state index contributed by atoms with van der Waals surface area (Å²) in [5, 5.41) is 6.03. The predicted octanol–water partition coefficient (Wildman–Crippen LogP) is 2.34. The molecule has 0 aliphatic rings. The number of carbonyl (C=O) groups excluding carboxylic acids is 1. The Balaban J connectivity index is 2.03. The van der Waals surface area contributed by atoms with E-state index in [1.54, 1.807) is 0 Å². The largest absolute Gasteiger partial charge is 0.325 e. The predicted molar refractivity (Wildman–Crippen MR) is 84.9 cm³/mol. The molecule has 20 heavy (non-hydrogen) atoms. The first-order chi connectivity index (χ1) is 9.59. The number of para-hydroxylation sites is 1. The molecule has 2 N–H and O–H groups in total. The number of carbonyl (C=O) groups is 1. The van der Waals surface area contributed by atoms with Gasteiger partial charge in [0.2, 0.25) is 5.91 Å². The molecule has 4 heteroatoms. The van der Waals surface area contributed by atoms with E-state index in [1.165, 1.54) is 0 Å². The third-order valence-electron chi connectivity index (χ3n) is 3.34. The van der Waals surface area contributed by atoms with Gasteiger partial charge in [-0.25, -0.2) is 0 Å². The summed E-state index contributed by atoms with van der Waals surface area (Å²) in [5.41, 5.74) is 0.845. The summed E-state index contributed by atoms with van der Waals surface area (Å²) in [6, 6.07) is 10.1. The lowest BCUT2D eigenvalue weighted by Gasteiger charge is -2.20. The second-order valence-electron chi connectivity index (χ2n) is 5.37. The molecule has 0 radical (unpaired) electrons. The van der Waals surface area contributed by atoms with Crippen LogP contribution in [0.3, 0.4) is 0 Å². The van der Waals surface area contributed by atoms with E-state index in [0.29, 0.717) is 12.6 Å². The van der Waals surface area contributed by atoms with E-state index in [-0.39, 0.29) is 5.91 Å². The smallest absolute Gasteiger partial charge is 0.238 e. The van der Waals surface area contributed by atoms with Crippen LogP contribution in [0.25, 0.3) is 0 Å². The monoisotopic (exact) mass is 277 g/mol. The third kappa shape index (κ3) is 7.26. The number of nitrogens with zero attached hydrogens (tertiary/aromatic N) is 1. The van der Waals surface area contributed by atoms with Gasteiger partial charge in [0.05, 0.1) is 6.54 Å². The molecule has 112 valence electrons. The summed E-state index contributed by atoms with van der Waals surface area (Å²) in [4.78, 5) is 14.0. The van der Waals surface area contributed by atoms with Gasteiger partial charge in [-0.1, -0.05) is 18.2 Å². The molecule has 0 aliphatic heterocycles. The average Bonchev–Trinajstić information content (AvgIpc) is 2.43. The van der Waals surface area contributed by atoms with Crippen molar-refractivity contribution in [2.24, 2.45) is 0 Å². The number of amides is 1. The number of unbranched alkanes of at least 4 members (excludes halogenated alkanes) is 1. The second kappa shape index (κ2) is 9.50. The molecule has 0 spiro atoms. The van der Waals surface area contributed by atoms with Crippen molar-refractivity contribution in [3.63, 3.8) is 0 Å². The number of anilines is 1. The molecular formula is C16H27N3O.